The molecule has 7 heteroatoms. The summed E-state index contributed by atoms with van der Waals surface area (Å²) in [6, 6.07) is 7.81. The van der Waals surface area contributed by atoms with E-state index in [9.17, 15) is 8.42 Å². The highest BCUT2D eigenvalue weighted by atomic mass is 35.5. The Balaban J connectivity index is 0.00000242. The summed E-state index contributed by atoms with van der Waals surface area (Å²) in [5.74, 6) is 0. The first-order valence-electron chi connectivity index (χ1n) is 7.34. The largest absolute Gasteiger partial charge is 0.316 e. The smallest absolute Gasteiger partial charge is 0.242 e. The lowest BCUT2D eigenvalue weighted by Gasteiger charge is -2.32. The number of sulfonamides is 1. The van der Waals surface area contributed by atoms with Crippen LogP contribution in [-0.2, 0) is 16.6 Å². The number of nitrogens with one attached hydrogen (secondary N) is 1. The first-order chi connectivity index (χ1) is 9.93. The van der Waals surface area contributed by atoms with E-state index < -0.39 is 10.0 Å². The van der Waals surface area contributed by atoms with Crippen LogP contribution in [-0.4, -0.2) is 57.9 Å². The molecule has 0 spiro atoms. The monoisotopic (exact) mass is 347 g/mol. The molecule has 1 aromatic carbocycles. The van der Waals surface area contributed by atoms with E-state index in [-0.39, 0.29) is 12.4 Å². The number of rotatable bonds is 5. The van der Waals surface area contributed by atoms with Gasteiger partial charge in [0.15, 0.2) is 0 Å². The van der Waals surface area contributed by atoms with E-state index in [1.807, 2.05) is 19.2 Å². The Labute approximate surface area is 140 Å². The Hall–Kier alpha value is -0.660. The fraction of sp³-hybridized carbons (Fsp3) is 0.600. The Morgan fingerprint density at radius 2 is 2.09 bits per heavy atom. The Morgan fingerprint density at radius 1 is 1.36 bits per heavy atom. The van der Waals surface area contributed by atoms with Crippen molar-refractivity contribution in [2.24, 2.45) is 0 Å². The zero-order chi connectivity index (χ0) is 15.5. The molecule has 0 aliphatic carbocycles. The van der Waals surface area contributed by atoms with Crippen LogP contribution in [0.5, 0.6) is 0 Å². The Kier molecular flexibility index (Phi) is 7.28. The van der Waals surface area contributed by atoms with Crippen molar-refractivity contribution in [1.82, 2.24) is 14.5 Å². The molecule has 126 valence electrons. The molecule has 0 aromatic heterocycles. The van der Waals surface area contributed by atoms with Crippen molar-refractivity contribution in [2.75, 3.05) is 34.2 Å². The topological polar surface area (TPSA) is 52.7 Å². The van der Waals surface area contributed by atoms with Crippen molar-refractivity contribution in [2.45, 2.75) is 30.3 Å². The summed E-state index contributed by atoms with van der Waals surface area (Å²) in [6.07, 6.45) is 2.39. The molecular weight excluding hydrogens is 322 g/mol. The van der Waals surface area contributed by atoms with Gasteiger partial charge in [0.25, 0.3) is 0 Å². The maximum Gasteiger partial charge on any atom is 0.242 e. The molecule has 0 bridgehead atoms. The van der Waals surface area contributed by atoms with Crippen LogP contribution >= 0.6 is 12.4 Å². The van der Waals surface area contributed by atoms with Gasteiger partial charge in [0.2, 0.25) is 10.0 Å². The molecule has 1 heterocycles. The highest BCUT2D eigenvalue weighted by molar-refractivity contribution is 7.89. The normalized spacial score (nSPS) is 19.9. The van der Waals surface area contributed by atoms with Crippen molar-refractivity contribution in [3.8, 4) is 0 Å². The van der Waals surface area contributed by atoms with E-state index in [1.165, 1.54) is 17.1 Å². The van der Waals surface area contributed by atoms with Crippen LogP contribution in [0.1, 0.15) is 18.4 Å². The minimum Gasteiger partial charge on any atom is -0.316 e. The standard InChI is InChI=1S/C15H25N3O2S.ClH/c1-16-14-7-5-9-18(12-14)11-13-6-4-8-15(10-13)21(19,20)17(2)3;/h4,6,8,10,14,16H,5,7,9,11-12H2,1-3H3;1H. The molecule has 2 rings (SSSR count). The van der Waals surface area contributed by atoms with Crippen molar-refractivity contribution in [3.05, 3.63) is 29.8 Å². The highest BCUT2D eigenvalue weighted by Gasteiger charge is 2.20. The van der Waals surface area contributed by atoms with Gasteiger partial charge in [0.05, 0.1) is 4.90 Å². The molecule has 0 radical (unpaired) electrons. The quantitative estimate of drug-likeness (QED) is 0.878. The van der Waals surface area contributed by atoms with E-state index >= 15 is 0 Å². The summed E-state index contributed by atoms with van der Waals surface area (Å²) in [5.41, 5.74) is 1.05. The minimum atomic E-state index is -3.35. The number of likely N-dealkylation sites (tertiary alicyclic amines) is 1. The SMILES string of the molecule is CNC1CCCN(Cc2cccc(S(=O)(=O)N(C)C)c2)C1.Cl. The lowest BCUT2D eigenvalue weighted by atomic mass is 10.1. The molecule has 1 saturated heterocycles. The molecular formula is C15H26ClN3O2S. The molecule has 1 unspecified atom stereocenters. The first-order valence-corrected chi connectivity index (χ1v) is 8.78. The van der Waals surface area contributed by atoms with Crippen LogP contribution < -0.4 is 5.32 Å². The molecule has 22 heavy (non-hydrogen) atoms. The number of piperidine rings is 1. The van der Waals surface area contributed by atoms with Crippen LogP contribution in [0.25, 0.3) is 0 Å². The second-order valence-corrected chi connectivity index (χ2v) is 7.95. The lowest BCUT2D eigenvalue weighted by Crippen LogP contribution is -2.43. The number of halogens is 1. The zero-order valence-electron chi connectivity index (χ0n) is 13.4. The Morgan fingerprint density at radius 3 is 2.73 bits per heavy atom. The van der Waals surface area contributed by atoms with Crippen LogP contribution in [0.15, 0.2) is 29.2 Å². The van der Waals surface area contributed by atoms with Gasteiger partial charge in [-0.05, 0) is 44.1 Å². The molecule has 0 amide bonds. The van der Waals surface area contributed by atoms with E-state index in [1.54, 1.807) is 26.2 Å². The van der Waals surface area contributed by atoms with Gasteiger partial charge in [0.1, 0.15) is 0 Å². The third-order valence-electron chi connectivity index (χ3n) is 4.00. The van der Waals surface area contributed by atoms with Gasteiger partial charge in [0, 0.05) is 33.2 Å². The molecule has 1 atom stereocenters. The Bertz CT molecular complexity index is 578. The van der Waals surface area contributed by atoms with Gasteiger partial charge in [-0.3, -0.25) is 4.90 Å². The molecule has 1 fully saturated rings. The molecule has 1 aliphatic rings. The van der Waals surface area contributed by atoms with Crippen molar-refractivity contribution >= 4 is 22.4 Å². The predicted molar refractivity (Wildman–Crippen MR) is 91.9 cm³/mol. The molecule has 0 saturated carbocycles. The maximum absolute atomic E-state index is 12.2. The third-order valence-corrected chi connectivity index (χ3v) is 5.81. The fourth-order valence-corrected chi connectivity index (χ4v) is 3.68. The van der Waals surface area contributed by atoms with Gasteiger partial charge >= 0.3 is 0 Å². The molecule has 1 N–H and O–H groups in total. The average molecular weight is 348 g/mol. The number of hydrogen-bond donors (Lipinski definition) is 1. The number of nitrogens with zero attached hydrogens (tertiary/aromatic N) is 2. The van der Waals surface area contributed by atoms with E-state index in [2.05, 4.69) is 10.2 Å². The average Bonchev–Trinajstić information content (AvgIpc) is 2.47. The molecule has 1 aliphatic heterocycles. The van der Waals surface area contributed by atoms with E-state index in [0.29, 0.717) is 10.9 Å². The van der Waals surface area contributed by atoms with Crippen molar-refractivity contribution in [1.29, 1.82) is 0 Å². The first kappa shape index (κ1) is 19.4. The number of benzene rings is 1. The highest BCUT2D eigenvalue weighted by Crippen LogP contribution is 2.18. The fourth-order valence-electron chi connectivity index (χ4n) is 2.71. The van der Waals surface area contributed by atoms with Crippen LogP contribution in [0.2, 0.25) is 0 Å². The summed E-state index contributed by atoms with van der Waals surface area (Å²) in [7, 11) is 1.76. The third kappa shape index (κ3) is 4.67. The van der Waals surface area contributed by atoms with Crippen molar-refractivity contribution < 1.29 is 8.42 Å². The summed E-state index contributed by atoms with van der Waals surface area (Å²) >= 11 is 0. The zero-order valence-corrected chi connectivity index (χ0v) is 15.1. The lowest BCUT2D eigenvalue weighted by molar-refractivity contribution is 0.188. The van der Waals surface area contributed by atoms with Gasteiger partial charge in [-0.1, -0.05) is 12.1 Å². The molecule has 5 nitrogen and oxygen atoms in total. The van der Waals surface area contributed by atoms with Crippen LogP contribution in [0, 0.1) is 0 Å². The van der Waals surface area contributed by atoms with E-state index in [0.717, 1.165) is 25.2 Å². The maximum atomic E-state index is 12.2. The van der Waals surface area contributed by atoms with E-state index in [4.69, 9.17) is 0 Å². The van der Waals surface area contributed by atoms with Crippen LogP contribution in [0.4, 0.5) is 0 Å². The van der Waals surface area contributed by atoms with Gasteiger partial charge in [-0.25, -0.2) is 12.7 Å². The molecule has 1 aromatic rings. The summed E-state index contributed by atoms with van der Waals surface area (Å²) in [6.45, 7) is 2.89. The van der Waals surface area contributed by atoms with Crippen LogP contribution in [0.3, 0.4) is 0 Å². The summed E-state index contributed by atoms with van der Waals surface area (Å²) in [4.78, 5) is 2.75. The van der Waals surface area contributed by atoms with Gasteiger partial charge in [-0.15, -0.1) is 12.4 Å². The minimum absolute atomic E-state index is 0. The second-order valence-electron chi connectivity index (χ2n) is 5.80. The number of hydrogen-bond acceptors (Lipinski definition) is 4. The predicted octanol–water partition coefficient (Wildman–Crippen LogP) is 1.54. The summed E-state index contributed by atoms with van der Waals surface area (Å²) in [5, 5.41) is 3.33. The number of likely N-dealkylation sites (N-methyl/N-ethyl adjacent to an activating group) is 1. The second kappa shape index (κ2) is 8.26. The van der Waals surface area contributed by atoms with Gasteiger partial charge < -0.3 is 5.32 Å². The van der Waals surface area contributed by atoms with Crippen molar-refractivity contribution in [3.63, 3.8) is 0 Å². The van der Waals surface area contributed by atoms with Gasteiger partial charge in [-0.2, -0.15) is 0 Å². The summed E-state index contributed by atoms with van der Waals surface area (Å²) < 4.78 is 25.6.